The van der Waals surface area contributed by atoms with E-state index in [1.165, 1.54) is 12.1 Å². The van der Waals surface area contributed by atoms with Crippen LogP contribution in [0.1, 0.15) is 25.3 Å². The lowest BCUT2D eigenvalue weighted by molar-refractivity contribution is -0.384. The first kappa shape index (κ1) is 16.9. The average molecular weight is 333 g/mol. The highest BCUT2D eigenvalue weighted by atomic mass is 16.6. The highest BCUT2D eigenvalue weighted by molar-refractivity contribution is 5.97. The van der Waals surface area contributed by atoms with Crippen LogP contribution in [0.4, 0.5) is 11.4 Å². The SMILES string of the molecule is CC(O)C1CCN(CC(=O)N2CCc3ccc([N+](=O)[O-])cc32)CC1. The van der Waals surface area contributed by atoms with Crippen LogP contribution in [0.15, 0.2) is 18.2 Å². The van der Waals surface area contributed by atoms with Crippen LogP contribution < -0.4 is 4.90 Å². The Kier molecular flexibility index (Phi) is 4.82. The number of carbonyl (C=O) groups is 1. The summed E-state index contributed by atoms with van der Waals surface area (Å²) in [5, 5.41) is 20.6. The molecule has 7 heteroatoms. The highest BCUT2D eigenvalue weighted by Gasteiger charge is 2.29. The minimum atomic E-state index is -0.428. The third-order valence-electron chi connectivity index (χ3n) is 5.15. The summed E-state index contributed by atoms with van der Waals surface area (Å²) in [4.78, 5) is 26.9. The van der Waals surface area contributed by atoms with Gasteiger partial charge in [0.15, 0.2) is 0 Å². The van der Waals surface area contributed by atoms with Gasteiger partial charge in [0.2, 0.25) is 5.91 Å². The zero-order valence-corrected chi connectivity index (χ0v) is 13.9. The van der Waals surface area contributed by atoms with Gasteiger partial charge in [-0.25, -0.2) is 0 Å². The average Bonchev–Trinajstić information content (AvgIpc) is 2.98. The number of hydrogen-bond donors (Lipinski definition) is 1. The molecule has 0 spiro atoms. The number of carbonyl (C=O) groups excluding carboxylic acids is 1. The largest absolute Gasteiger partial charge is 0.393 e. The number of non-ortho nitro benzene ring substituents is 1. The van der Waals surface area contributed by atoms with E-state index in [1.54, 1.807) is 11.0 Å². The number of aliphatic hydroxyl groups excluding tert-OH is 1. The standard InChI is InChI=1S/C17H23N3O4/c1-12(21)13-4-7-18(8-5-13)11-17(22)19-9-6-14-2-3-15(20(23)24)10-16(14)19/h2-3,10,12-13,21H,4-9,11H2,1H3. The molecule has 130 valence electrons. The van der Waals surface area contributed by atoms with Gasteiger partial charge in [-0.1, -0.05) is 6.07 Å². The Bertz CT molecular complexity index is 639. The second-order valence-electron chi connectivity index (χ2n) is 6.72. The Morgan fingerprint density at radius 3 is 2.71 bits per heavy atom. The summed E-state index contributed by atoms with van der Waals surface area (Å²) in [6, 6.07) is 4.74. The monoisotopic (exact) mass is 333 g/mol. The fraction of sp³-hybridized carbons (Fsp3) is 0.588. The van der Waals surface area contributed by atoms with E-state index in [0.29, 0.717) is 24.7 Å². The number of amides is 1. The number of rotatable bonds is 4. The summed E-state index contributed by atoms with van der Waals surface area (Å²) in [5.74, 6) is 0.302. The van der Waals surface area contributed by atoms with E-state index in [-0.39, 0.29) is 17.7 Å². The lowest BCUT2D eigenvalue weighted by Crippen LogP contribution is -2.44. The molecule has 1 fully saturated rings. The van der Waals surface area contributed by atoms with Crippen molar-refractivity contribution in [2.45, 2.75) is 32.3 Å². The molecule has 0 saturated carbocycles. The van der Waals surface area contributed by atoms with Gasteiger partial charge in [-0.05, 0) is 50.8 Å². The van der Waals surface area contributed by atoms with Crippen molar-refractivity contribution in [2.75, 3.05) is 31.1 Å². The van der Waals surface area contributed by atoms with E-state index in [1.807, 2.05) is 6.92 Å². The minimum Gasteiger partial charge on any atom is -0.393 e. The quantitative estimate of drug-likeness (QED) is 0.668. The normalized spacial score (nSPS) is 20.0. The van der Waals surface area contributed by atoms with Crippen molar-refractivity contribution in [3.63, 3.8) is 0 Å². The van der Waals surface area contributed by atoms with E-state index < -0.39 is 4.92 Å². The van der Waals surface area contributed by atoms with Gasteiger partial charge in [0, 0.05) is 18.7 Å². The zero-order chi connectivity index (χ0) is 17.3. The van der Waals surface area contributed by atoms with Crippen molar-refractivity contribution in [1.82, 2.24) is 4.90 Å². The van der Waals surface area contributed by atoms with Crippen LogP contribution in [0.5, 0.6) is 0 Å². The third kappa shape index (κ3) is 3.42. The van der Waals surface area contributed by atoms with Gasteiger partial charge < -0.3 is 10.0 Å². The molecule has 7 nitrogen and oxygen atoms in total. The van der Waals surface area contributed by atoms with Crippen LogP contribution in [0.25, 0.3) is 0 Å². The number of fused-ring (bicyclic) bond motifs is 1. The molecule has 2 aliphatic rings. The van der Waals surface area contributed by atoms with Crippen LogP contribution in [0.2, 0.25) is 0 Å². The molecule has 1 atom stereocenters. The minimum absolute atomic E-state index is 0.00950. The first-order chi connectivity index (χ1) is 11.5. The molecule has 24 heavy (non-hydrogen) atoms. The van der Waals surface area contributed by atoms with Crippen LogP contribution in [0.3, 0.4) is 0 Å². The summed E-state index contributed by atoms with van der Waals surface area (Å²) in [6.07, 6.45) is 2.23. The Hall–Kier alpha value is -1.99. The van der Waals surface area contributed by atoms with Gasteiger partial charge >= 0.3 is 0 Å². The second-order valence-corrected chi connectivity index (χ2v) is 6.72. The van der Waals surface area contributed by atoms with E-state index in [4.69, 9.17) is 0 Å². The maximum atomic E-state index is 12.6. The molecular formula is C17H23N3O4. The van der Waals surface area contributed by atoms with Crippen LogP contribution in [-0.4, -0.2) is 53.1 Å². The fourth-order valence-electron chi connectivity index (χ4n) is 3.61. The Morgan fingerprint density at radius 2 is 2.08 bits per heavy atom. The molecule has 0 aromatic heterocycles. The molecule has 1 amide bonds. The van der Waals surface area contributed by atoms with E-state index in [0.717, 1.165) is 37.9 Å². The number of benzene rings is 1. The summed E-state index contributed by atoms with van der Waals surface area (Å²) < 4.78 is 0. The van der Waals surface area contributed by atoms with E-state index in [2.05, 4.69) is 4.90 Å². The maximum absolute atomic E-state index is 12.6. The molecule has 0 radical (unpaired) electrons. The van der Waals surface area contributed by atoms with Crippen LogP contribution >= 0.6 is 0 Å². The number of anilines is 1. The number of hydrogen-bond acceptors (Lipinski definition) is 5. The van der Waals surface area contributed by atoms with Gasteiger partial charge in [0.05, 0.1) is 23.3 Å². The Balaban J connectivity index is 1.64. The number of nitro benzene ring substituents is 1. The summed E-state index contributed by atoms with van der Waals surface area (Å²) >= 11 is 0. The van der Waals surface area contributed by atoms with E-state index >= 15 is 0 Å². The maximum Gasteiger partial charge on any atom is 0.271 e. The molecule has 1 aromatic carbocycles. The van der Waals surface area contributed by atoms with Crippen molar-refractivity contribution in [2.24, 2.45) is 5.92 Å². The number of piperidine rings is 1. The topological polar surface area (TPSA) is 86.9 Å². The van der Waals surface area contributed by atoms with Crippen molar-refractivity contribution in [1.29, 1.82) is 0 Å². The first-order valence-electron chi connectivity index (χ1n) is 8.44. The van der Waals surface area contributed by atoms with Gasteiger partial charge in [0.1, 0.15) is 0 Å². The number of nitrogens with zero attached hydrogens (tertiary/aromatic N) is 3. The zero-order valence-electron chi connectivity index (χ0n) is 13.9. The highest BCUT2D eigenvalue weighted by Crippen LogP contribution is 2.32. The van der Waals surface area contributed by atoms with Gasteiger partial charge in [0.25, 0.3) is 5.69 Å². The fourth-order valence-corrected chi connectivity index (χ4v) is 3.61. The van der Waals surface area contributed by atoms with Gasteiger partial charge in [-0.15, -0.1) is 0 Å². The number of aliphatic hydroxyl groups is 1. The molecule has 2 aliphatic heterocycles. The molecule has 0 bridgehead atoms. The molecule has 3 rings (SSSR count). The number of likely N-dealkylation sites (tertiary alicyclic amines) is 1. The third-order valence-corrected chi connectivity index (χ3v) is 5.15. The molecule has 1 saturated heterocycles. The lowest BCUT2D eigenvalue weighted by atomic mass is 9.92. The van der Waals surface area contributed by atoms with Crippen LogP contribution in [-0.2, 0) is 11.2 Å². The summed E-state index contributed by atoms with van der Waals surface area (Å²) in [7, 11) is 0. The Labute approximate surface area is 141 Å². The smallest absolute Gasteiger partial charge is 0.271 e. The first-order valence-corrected chi connectivity index (χ1v) is 8.44. The van der Waals surface area contributed by atoms with Gasteiger partial charge in [-0.3, -0.25) is 19.8 Å². The molecule has 1 N–H and O–H groups in total. The van der Waals surface area contributed by atoms with Gasteiger partial charge in [-0.2, -0.15) is 0 Å². The predicted molar refractivity (Wildman–Crippen MR) is 90.0 cm³/mol. The summed E-state index contributed by atoms with van der Waals surface area (Å²) in [6.45, 7) is 4.33. The molecular weight excluding hydrogens is 310 g/mol. The number of nitro groups is 1. The molecule has 0 aliphatic carbocycles. The van der Waals surface area contributed by atoms with Crippen molar-refractivity contribution in [3.05, 3.63) is 33.9 Å². The van der Waals surface area contributed by atoms with Crippen molar-refractivity contribution >= 4 is 17.3 Å². The van der Waals surface area contributed by atoms with Crippen molar-refractivity contribution in [3.8, 4) is 0 Å². The lowest BCUT2D eigenvalue weighted by Gasteiger charge is -2.33. The second kappa shape index (κ2) is 6.86. The van der Waals surface area contributed by atoms with E-state index in [9.17, 15) is 20.0 Å². The Morgan fingerprint density at radius 1 is 1.38 bits per heavy atom. The molecule has 1 unspecified atom stereocenters. The predicted octanol–water partition coefficient (Wildman–Crippen LogP) is 1.58. The molecule has 2 heterocycles. The van der Waals surface area contributed by atoms with Crippen molar-refractivity contribution < 1.29 is 14.8 Å². The summed E-state index contributed by atoms with van der Waals surface area (Å²) in [5.41, 5.74) is 1.68. The molecule has 1 aromatic rings. The van der Waals surface area contributed by atoms with Crippen LogP contribution in [0, 0.1) is 16.0 Å².